The van der Waals surface area contributed by atoms with Gasteiger partial charge in [0.15, 0.2) is 11.4 Å². The number of rotatable bonds is 4. The number of aromatic nitrogens is 2. The number of amidine groups is 1. The lowest BCUT2D eigenvalue weighted by Crippen LogP contribution is -2.63. The van der Waals surface area contributed by atoms with Crippen molar-refractivity contribution < 1.29 is 23.7 Å². The van der Waals surface area contributed by atoms with Crippen LogP contribution in [0.15, 0.2) is 23.2 Å². The summed E-state index contributed by atoms with van der Waals surface area (Å²) in [5, 5.41) is 0.523. The quantitative estimate of drug-likeness (QED) is 0.695. The maximum atomic E-state index is 13.2. The number of likely N-dealkylation sites (N-methyl/N-ethyl adjacent to an activating group) is 1. The Kier molecular flexibility index (Phi) is 4.65. The van der Waals surface area contributed by atoms with Crippen LogP contribution in [-0.2, 0) is 9.59 Å². The van der Waals surface area contributed by atoms with Crippen molar-refractivity contribution in [3.8, 4) is 11.4 Å². The van der Waals surface area contributed by atoms with Crippen LogP contribution >= 0.6 is 11.6 Å². The van der Waals surface area contributed by atoms with E-state index in [-0.39, 0.29) is 12.3 Å². The summed E-state index contributed by atoms with van der Waals surface area (Å²) in [7, 11) is 3.11. The van der Waals surface area contributed by atoms with Gasteiger partial charge in [-0.05, 0) is 32.9 Å². The number of methoxy groups -OCH3 is 1. The number of halogens is 1. The van der Waals surface area contributed by atoms with Crippen molar-refractivity contribution in [1.82, 2.24) is 14.4 Å². The minimum atomic E-state index is -0.827. The third-order valence-corrected chi connectivity index (χ3v) is 5.71. The number of ether oxygens (including phenoxy) is 1. The van der Waals surface area contributed by atoms with Crippen LogP contribution in [0.3, 0.4) is 0 Å². The van der Waals surface area contributed by atoms with E-state index in [2.05, 4.69) is 4.99 Å². The number of imide groups is 1. The fourth-order valence-corrected chi connectivity index (χ4v) is 4.10. The molecule has 3 amide bonds. The molecular weight excluding hydrogens is 410 g/mol. The second kappa shape index (κ2) is 6.94. The highest BCUT2D eigenvalue weighted by Gasteiger charge is 2.54. The molecule has 0 radical (unpaired) electrons. The van der Waals surface area contributed by atoms with Gasteiger partial charge in [-0.3, -0.25) is 19.4 Å². The minimum Gasteiger partial charge on any atom is -0.493 e. The van der Waals surface area contributed by atoms with Gasteiger partial charge in [0.05, 0.1) is 13.7 Å². The molecule has 10 heteroatoms. The number of benzene rings is 1. The van der Waals surface area contributed by atoms with Crippen molar-refractivity contribution in [2.24, 2.45) is 4.99 Å². The molecule has 156 valence electrons. The molecular formula is C20H21ClN5O4+. The Labute approximate surface area is 178 Å². The highest BCUT2D eigenvalue weighted by molar-refractivity contribution is 6.30. The van der Waals surface area contributed by atoms with Crippen LogP contribution < -0.4 is 9.30 Å². The SMILES string of the molecule is COc1ccc(Cl)cc1-n1c(C)c(C)[n+]2c1N=C1C2C(=O)N(CC(C)=O)C(=O)N1C. The number of hydrogen-bond acceptors (Lipinski definition) is 5. The standard InChI is InChI=1S/C20H21ClN5O4/c1-10(27)9-24-18(28)16-17(23(4)20(24)29)22-19-25(11(2)12(3)26(16)19)14-8-13(21)6-7-15(14)30-5/h6-8,16H,9H2,1-5H3/q+1. The zero-order chi connectivity index (χ0) is 21.9. The highest BCUT2D eigenvalue weighted by Crippen LogP contribution is 2.36. The van der Waals surface area contributed by atoms with E-state index >= 15 is 0 Å². The summed E-state index contributed by atoms with van der Waals surface area (Å²) >= 11 is 6.23. The number of Topliss-reactive ketones (excluding diaryl/α,β-unsaturated/α-hetero) is 1. The molecule has 0 spiro atoms. The van der Waals surface area contributed by atoms with E-state index < -0.39 is 18.0 Å². The first-order valence-electron chi connectivity index (χ1n) is 9.31. The molecule has 1 atom stereocenters. The van der Waals surface area contributed by atoms with Crippen LogP contribution in [-0.4, -0.2) is 58.6 Å². The van der Waals surface area contributed by atoms with Crippen molar-refractivity contribution in [3.05, 3.63) is 34.6 Å². The van der Waals surface area contributed by atoms with Crippen LogP contribution in [0.1, 0.15) is 24.4 Å². The van der Waals surface area contributed by atoms with Gasteiger partial charge >= 0.3 is 12.0 Å². The largest absolute Gasteiger partial charge is 0.493 e. The summed E-state index contributed by atoms with van der Waals surface area (Å²) in [5.41, 5.74) is 2.32. The number of imidazole rings is 1. The van der Waals surface area contributed by atoms with Gasteiger partial charge in [-0.2, -0.15) is 4.57 Å². The summed E-state index contributed by atoms with van der Waals surface area (Å²) in [6, 6.07) is 3.84. The Morgan fingerprint density at radius 1 is 1.30 bits per heavy atom. The zero-order valence-corrected chi connectivity index (χ0v) is 18.0. The number of carbonyl (C=O) groups is 3. The molecule has 3 heterocycles. The summed E-state index contributed by atoms with van der Waals surface area (Å²) in [5.74, 6) is 0.628. The molecule has 2 aliphatic rings. The second-order valence-corrected chi connectivity index (χ2v) is 7.77. The summed E-state index contributed by atoms with van der Waals surface area (Å²) in [4.78, 5) is 44.5. The monoisotopic (exact) mass is 430 g/mol. The molecule has 1 aromatic heterocycles. The molecule has 0 saturated carbocycles. The smallest absolute Gasteiger partial charge is 0.407 e. The van der Waals surface area contributed by atoms with Gasteiger partial charge in [-0.15, -0.1) is 0 Å². The Hall–Kier alpha value is -3.20. The average Bonchev–Trinajstić information content (AvgIpc) is 3.19. The normalized spacial score (nSPS) is 17.8. The van der Waals surface area contributed by atoms with Gasteiger partial charge in [-0.25, -0.2) is 9.36 Å². The maximum Gasteiger partial charge on any atom is 0.407 e. The first-order chi connectivity index (χ1) is 14.2. The van der Waals surface area contributed by atoms with Gasteiger partial charge in [0.25, 0.3) is 5.91 Å². The van der Waals surface area contributed by atoms with Crippen molar-refractivity contribution in [2.75, 3.05) is 20.7 Å². The van der Waals surface area contributed by atoms with E-state index in [0.717, 1.165) is 16.3 Å². The Bertz CT molecular complexity index is 1150. The predicted octanol–water partition coefficient (Wildman–Crippen LogP) is 2.11. The van der Waals surface area contributed by atoms with Crippen molar-refractivity contribution in [2.45, 2.75) is 26.8 Å². The number of aliphatic imine (C=N–C) groups is 1. The molecule has 1 aromatic carbocycles. The second-order valence-electron chi connectivity index (χ2n) is 7.33. The first-order valence-corrected chi connectivity index (χ1v) is 9.69. The summed E-state index contributed by atoms with van der Waals surface area (Å²) < 4.78 is 9.14. The van der Waals surface area contributed by atoms with Gasteiger partial charge in [0.1, 0.15) is 17.2 Å². The van der Waals surface area contributed by atoms with Crippen LogP contribution in [0.2, 0.25) is 5.02 Å². The molecule has 1 saturated heterocycles. The molecule has 1 fully saturated rings. The van der Waals surface area contributed by atoms with E-state index in [1.807, 2.05) is 18.4 Å². The first kappa shape index (κ1) is 20.1. The van der Waals surface area contributed by atoms with E-state index in [1.54, 1.807) is 36.9 Å². The molecule has 1 unspecified atom stereocenters. The molecule has 2 aromatic rings. The van der Waals surface area contributed by atoms with Crippen molar-refractivity contribution in [3.63, 3.8) is 0 Å². The summed E-state index contributed by atoms with van der Waals surface area (Å²) in [6.07, 6.45) is 0. The topological polar surface area (TPSA) is 88.1 Å². The van der Waals surface area contributed by atoms with Crippen LogP contribution in [0.25, 0.3) is 5.69 Å². The average molecular weight is 431 g/mol. The lowest BCUT2D eigenvalue weighted by atomic mass is 10.1. The molecule has 0 bridgehead atoms. The van der Waals surface area contributed by atoms with E-state index in [1.165, 1.54) is 11.8 Å². The zero-order valence-electron chi connectivity index (χ0n) is 17.3. The third-order valence-electron chi connectivity index (χ3n) is 5.48. The molecule has 30 heavy (non-hydrogen) atoms. The molecule has 0 aliphatic carbocycles. The molecule has 0 N–H and O–H groups in total. The predicted molar refractivity (Wildman–Crippen MR) is 109 cm³/mol. The van der Waals surface area contributed by atoms with Crippen molar-refractivity contribution in [1.29, 1.82) is 0 Å². The fraction of sp³-hybridized carbons (Fsp3) is 0.350. The Morgan fingerprint density at radius 2 is 2.00 bits per heavy atom. The number of urea groups is 1. The third kappa shape index (κ3) is 2.72. The van der Waals surface area contributed by atoms with Crippen LogP contribution in [0.5, 0.6) is 5.75 Å². The maximum absolute atomic E-state index is 13.2. The molecule has 2 aliphatic heterocycles. The number of ketones is 1. The Balaban J connectivity index is 1.94. The van der Waals surface area contributed by atoms with E-state index in [9.17, 15) is 14.4 Å². The molecule has 9 nitrogen and oxygen atoms in total. The summed E-state index contributed by atoms with van der Waals surface area (Å²) in [6.45, 7) is 4.85. The number of amides is 3. The van der Waals surface area contributed by atoms with Gasteiger partial charge in [0.2, 0.25) is 11.9 Å². The fourth-order valence-electron chi connectivity index (χ4n) is 3.93. The van der Waals surface area contributed by atoms with Crippen LogP contribution in [0.4, 0.5) is 10.7 Å². The number of nitrogens with zero attached hydrogens (tertiary/aromatic N) is 5. The highest BCUT2D eigenvalue weighted by atomic mass is 35.5. The van der Waals surface area contributed by atoms with E-state index in [0.29, 0.717) is 28.2 Å². The lowest BCUT2D eigenvalue weighted by Gasteiger charge is -2.32. The van der Waals surface area contributed by atoms with Crippen LogP contribution in [0, 0.1) is 13.8 Å². The molecule has 4 rings (SSSR count). The van der Waals surface area contributed by atoms with Gasteiger partial charge in [-0.1, -0.05) is 16.6 Å². The van der Waals surface area contributed by atoms with Gasteiger partial charge in [0, 0.05) is 18.1 Å². The van der Waals surface area contributed by atoms with E-state index in [4.69, 9.17) is 16.3 Å². The number of hydrogen-bond donors (Lipinski definition) is 0. The minimum absolute atomic E-state index is 0.275. The number of carbonyl (C=O) groups excluding carboxylic acids is 3. The lowest BCUT2D eigenvalue weighted by molar-refractivity contribution is -0.682. The van der Waals surface area contributed by atoms with Crippen molar-refractivity contribution >= 4 is 41.1 Å². The Morgan fingerprint density at radius 3 is 2.63 bits per heavy atom. The van der Waals surface area contributed by atoms with Gasteiger partial charge < -0.3 is 4.74 Å². The number of fused-ring (bicyclic) bond motifs is 3.